The largest absolute Gasteiger partial charge is 0.480 e. The molecule has 1 aliphatic heterocycles. The number of carbonyl (C=O) groups is 5. The van der Waals surface area contributed by atoms with Crippen LogP contribution in [-0.2, 0) is 24.0 Å². The first-order chi connectivity index (χ1) is 13.7. The molecule has 1 saturated heterocycles. The number of carboxylic acid groups (broad SMARTS) is 1. The lowest BCUT2D eigenvalue weighted by Gasteiger charge is -2.23. The Bertz CT molecular complexity index is 627. The van der Waals surface area contributed by atoms with Crippen molar-refractivity contribution in [2.45, 2.75) is 49.9 Å². The zero-order valence-electron chi connectivity index (χ0n) is 15.7. The lowest BCUT2D eigenvalue weighted by Crippen LogP contribution is -2.58. The van der Waals surface area contributed by atoms with Crippen LogP contribution in [0.1, 0.15) is 25.7 Å². The minimum absolute atomic E-state index is 0.171. The molecule has 0 bridgehead atoms. The number of carboxylic acids is 1. The third-order valence-electron chi connectivity index (χ3n) is 4.30. The van der Waals surface area contributed by atoms with E-state index >= 15 is 0 Å². The van der Waals surface area contributed by atoms with Crippen LogP contribution in [0, 0.1) is 0 Å². The third-order valence-corrected chi connectivity index (χ3v) is 4.67. The van der Waals surface area contributed by atoms with Gasteiger partial charge in [0.1, 0.15) is 18.1 Å². The summed E-state index contributed by atoms with van der Waals surface area (Å²) in [5.74, 6) is -4.37. The molecule has 8 N–H and O–H groups in total. The summed E-state index contributed by atoms with van der Waals surface area (Å²) in [6, 6.07) is -4.35. The van der Waals surface area contributed by atoms with Crippen LogP contribution < -0.4 is 27.0 Å². The first kappa shape index (κ1) is 24.7. The Morgan fingerprint density at radius 2 is 1.69 bits per heavy atom. The van der Waals surface area contributed by atoms with Crippen molar-refractivity contribution < 1.29 is 34.2 Å². The first-order valence-corrected chi connectivity index (χ1v) is 9.70. The van der Waals surface area contributed by atoms with Crippen molar-refractivity contribution in [1.29, 1.82) is 0 Å². The molecule has 29 heavy (non-hydrogen) atoms. The fraction of sp³-hybridized carbons (Fsp3) is 0.688. The standard InChI is InChI=1S/C16H27N5O7S/c17-12(23)4-3-9(16(27)28)19-15(26)11(7-29)21-14(25)10(6-22)20-13(24)8-2-1-5-18-8/h8-11,18,22,29H,1-7H2,(H2,17,23)(H,19,26)(H,20,24)(H,21,25)(H,27,28). The summed E-state index contributed by atoms with van der Waals surface area (Å²) < 4.78 is 0. The van der Waals surface area contributed by atoms with E-state index in [-0.39, 0.29) is 18.6 Å². The van der Waals surface area contributed by atoms with Crippen LogP contribution in [0.4, 0.5) is 0 Å². The van der Waals surface area contributed by atoms with Crippen LogP contribution in [0.15, 0.2) is 0 Å². The monoisotopic (exact) mass is 433 g/mol. The molecule has 1 heterocycles. The molecule has 12 nitrogen and oxygen atoms in total. The third kappa shape index (κ3) is 8.25. The molecule has 4 atom stereocenters. The topological polar surface area (TPSA) is 200 Å². The van der Waals surface area contributed by atoms with Gasteiger partial charge in [-0.3, -0.25) is 19.2 Å². The number of nitrogens with one attached hydrogen (secondary N) is 4. The normalized spacial score (nSPS) is 18.9. The van der Waals surface area contributed by atoms with Crippen LogP contribution in [0.3, 0.4) is 0 Å². The van der Waals surface area contributed by atoms with E-state index < -0.39 is 60.4 Å². The second-order valence-corrected chi connectivity index (χ2v) is 6.91. The van der Waals surface area contributed by atoms with Crippen LogP contribution in [0.25, 0.3) is 0 Å². The summed E-state index contributed by atoms with van der Waals surface area (Å²) in [6.07, 6.45) is 0.960. The highest BCUT2D eigenvalue weighted by molar-refractivity contribution is 7.80. The number of hydrogen-bond donors (Lipinski definition) is 8. The Labute approximate surface area is 172 Å². The van der Waals surface area contributed by atoms with Gasteiger partial charge in [0, 0.05) is 12.2 Å². The van der Waals surface area contributed by atoms with E-state index in [1.54, 1.807) is 0 Å². The molecule has 0 aromatic carbocycles. The van der Waals surface area contributed by atoms with Gasteiger partial charge in [-0.25, -0.2) is 4.79 Å². The molecule has 0 radical (unpaired) electrons. The quantitative estimate of drug-likeness (QED) is 0.145. The van der Waals surface area contributed by atoms with Crippen molar-refractivity contribution in [3.8, 4) is 0 Å². The molecule has 0 aliphatic carbocycles. The van der Waals surface area contributed by atoms with Crippen molar-refractivity contribution >= 4 is 42.2 Å². The van der Waals surface area contributed by atoms with Gasteiger partial charge < -0.3 is 37.2 Å². The summed E-state index contributed by atoms with van der Waals surface area (Å²) in [5, 5.41) is 28.4. The van der Waals surface area contributed by atoms with Gasteiger partial charge in [0.15, 0.2) is 0 Å². The summed E-state index contributed by atoms with van der Waals surface area (Å²) in [6.45, 7) is -0.0158. The number of amides is 4. The van der Waals surface area contributed by atoms with Gasteiger partial charge >= 0.3 is 5.97 Å². The van der Waals surface area contributed by atoms with Crippen molar-refractivity contribution in [3.63, 3.8) is 0 Å². The van der Waals surface area contributed by atoms with Gasteiger partial charge in [0.05, 0.1) is 12.6 Å². The van der Waals surface area contributed by atoms with E-state index in [0.717, 1.165) is 6.42 Å². The molecule has 1 rings (SSSR count). The van der Waals surface area contributed by atoms with Crippen LogP contribution >= 0.6 is 12.6 Å². The number of hydrogen-bond acceptors (Lipinski definition) is 8. The summed E-state index contributed by atoms with van der Waals surface area (Å²) in [5.41, 5.74) is 4.98. The molecule has 0 aromatic heterocycles. The number of nitrogens with two attached hydrogens (primary N) is 1. The molecule has 4 unspecified atom stereocenters. The maximum atomic E-state index is 12.3. The Balaban J connectivity index is 2.66. The average Bonchev–Trinajstić information content (AvgIpc) is 3.21. The van der Waals surface area contributed by atoms with Gasteiger partial charge in [-0.1, -0.05) is 0 Å². The van der Waals surface area contributed by atoms with Crippen LogP contribution in [0.5, 0.6) is 0 Å². The van der Waals surface area contributed by atoms with Crippen LogP contribution in [-0.4, -0.2) is 82.9 Å². The summed E-state index contributed by atoms with van der Waals surface area (Å²) in [4.78, 5) is 58.8. The Kier molecular flexibility index (Phi) is 10.4. The number of aliphatic hydroxyl groups excluding tert-OH is 1. The molecule has 0 saturated carbocycles. The van der Waals surface area contributed by atoms with Crippen molar-refractivity contribution in [2.75, 3.05) is 18.9 Å². The fourth-order valence-electron chi connectivity index (χ4n) is 2.66. The minimum atomic E-state index is -1.38. The maximum absolute atomic E-state index is 12.3. The maximum Gasteiger partial charge on any atom is 0.326 e. The van der Waals surface area contributed by atoms with Crippen molar-refractivity contribution in [1.82, 2.24) is 21.3 Å². The van der Waals surface area contributed by atoms with Gasteiger partial charge in [0.25, 0.3) is 0 Å². The van der Waals surface area contributed by atoms with Gasteiger partial charge in [0.2, 0.25) is 23.6 Å². The second-order valence-electron chi connectivity index (χ2n) is 6.54. The SMILES string of the molecule is NC(=O)CCC(NC(=O)C(CS)NC(=O)C(CO)NC(=O)C1CCCN1)C(=O)O. The van der Waals surface area contributed by atoms with Crippen molar-refractivity contribution in [3.05, 3.63) is 0 Å². The van der Waals surface area contributed by atoms with Crippen LogP contribution in [0.2, 0.25) is 0 Å². The molecular formula is C16H27N5O7S. The fourth-order valence-corrected chi connectivity index (χ4v) is 2.91. The van der Waals surface area contributed by atoms with E-state index in [1.165, 1.54) is 0 Å². The first-order valence-electron chi connectivity index (χ1n) is 9.06. The molecule has 13 heteroatoms. The number of rotatable bonds is 12. The highest BCUT2D eigenvalue weighted by atomic mass is 32.1. The van der Waals surface area contributed by atoms with E-state index in [0.29, 0.717) is 13.0 Å². The second kappa shape index (κ2) is 12.2. The number of thiol groups is 1. The number of primary amides is 1. The Morgan fingerprint density at radius 1 is 1.07 bits per heavy atom. The molecule has 1 fully saturated rings. The highest BCUT2D eigenvalue weighted by Crippen LogP contribution is 2.05. The molecule has 4 amide bonds. The van der Waals surface area contributed by atoms with Gasteiger partial charge in [-0.05, 0) is 25.8 Å². The molecule has 0 spiro atoms. The Morgan fingerprint density at radius 3 is 2.17 bits per heavy atom. The molecule has 0 aromatic rings. The number of aliphatic carboxylic acids is 1. The predicted octanol–water partition coefficient (Wildman–Crippen LogP) is -3.53. The lowest BCUT2D eigenvalue weighted by atomic mass is 10.1. The molecule has 164 valence electrons. The lowest BCUT2D eigenvalue weighted by molar-refractivity contribution is -0.142. The summed E-state index contributed by atoms with van der Waals surface area (Å²) in [7, 11) is 0. The van der Waals surface area contributed by atoms with Gasteiger partial charge in [-0.15, -0.1) is 0 Å². The zero-order chi connectivity index (χ0) is 22.0. The van der Waals surface area contributed by atoms with E-state index in [2.05, 4.69) is 33.9 Å². The molecule has 1 aliphatic rings. The van der Waals surface area contributed by atoms with Crippen molar-refractivity contribution in [2.24, 2.45) is 5.73 Å². The average molecular weight is 433 g/mol. The zero-order valence-corrected chi connectivity index (χ0v) is 16.6. The Hall–Kier alpha value is -2.38. The van der Waals surface area contributed by atoms with E-state index in [4.69, 9.17) is 10.8 Å². The molecular weight excluding hydrogens is 406 g/mol. The van der Waals surface area contributed by atoms with E-state index in [9.17, 15) is 29.1 Å². The number of carbonyl (C=O) groups excluding carboxylic acids is 4. The van der Waals surface area contributed by atoms with E-state index in [1.807, 2.05) is 0 Å². The minimum Gasteiger partial charge on any atom is -0.480 e. The van der Waals surface area contributed by atoms with Gasteiger partial charge in [-0.2, -0.15) is 12.6 Å². The number of aliphatic hydroxyl groups is 1. The summed E-state index contributed by atoms with van der Waals surface area (Å²) >= 11 is 3.97. The predicted molar refractivity (Wildman–Crippen MR) is 104 cm³/mol. The highest BCUT2D eigenvalue weighted by Gasteiger charge is 2.30. The smallest absolute Gasteiger partial charge is 0.326 e.